The second-order valence-electron chi connectivity index (χ2n) is 4.80. The van der Waals surface area contributed by atoms with Crippen LogP contribution in [0.2, 0.25) is 0 Å². The van der Waals surface area contributed by atoms with E-state index < -0.39 is 9.84 Å². The van der Waals surface area contributed by atoms with E-state index in [0.29, 0.717) is 0 Å². The van der Waals surface area contributed by atoms with Gasteiger partial charge in [0.1, 0.15) is 4.32 Å². The lowest BCUT2D eigenvalue weighted by molar-refractivity contribution is 0.320. The van der Waals surface area contributed by atoms with Crippen LogP contribution in [0.3, 0.4) is 0 Å². The first-order valence-corrected chi connectivity index (χ1v) is 8.62. The minimum Gasteiger partial charge on any atom is -0.352 e. The molecule has 0 aromatic rings. The molecule has 2 heterocycles. The molecule has 16 heavy (non-hydrogen) atoms. The van der Waals surface area contributed by atoms with E-state index in [9.17, 15) is 8.42 Å². The van der Waals surface area contributed by atoms with Crippen LogP contribution in [0.1, 0.15) is 26.7 Å². The predicted octanol–water partition coefficient (Wildman–Crippen LogP) is 1.68. The number of hydrogen-bond donors (Lipinski definition) is 0. The highest BCUT2D eigenvalue weighted by molar-refractivity contribution is 8.24. The van der Waals surface area contributed by atoms with E-state index in [2.05, 4.69) is 11.8 Å². The van der Waals surface area contributed by atoms with Crippen molar-refractivity contribution in [2.45, 2.75) is 37.5 Å². The minimum atomic E-state index is -2.87. The number of hydrogen-bond acceptors (Lipinski definition) is 4. The molecule has 0 aromatic heterocycles. The van der Waals surface area contributed by atoms with Crippen molar-refractivity contribution in [3.05, 3.63) is 0 Å². The normalized spacial score (nSPS) is 36.8. The highest BCUT2D eigenvalue weighted by Gasteiger charge is 2.56. The Hall–Kier alpha value is 0.190. The molecular formula is C10H17NO2S3. The van der Waals surface area contributed by atoms with E-state index in [0.717, 1.165) is 23.7 Å². The third-order valence-electron chi connectivity index (χ3n) is 3.31. The maximum Gasteiger partial charge on any atom is 0.153 e. The summed E-state index contributed by atoms with van der Waals surface area (Å²) in [6.07, 6.45) is 2.19. The van der Waals surface area contributed by atoms with Gasteiger partial charge in [-0.3, -0.25) is 0 Å². The van der Waals surface area contributed by atoms with Gasteiger partial charge in [-0.2, -0.15) is 0 Å². The number of unbranched alkanes of at least 4 members (excludes halogenated alkanes) is 1. The Labute approximate surface area is 107 Å². The van der Waals surface area contributed by atoms with Gasteiger partial charge in [-0.25, -0.2) is 8.42 Å². The van der Waals surface area contributed by atoms with Crippen molar-refractivity contribution in [1.29, 1.82) is 0 Å². The zero-order valence-corrected chi connectivity index (χ0v) is 12.1. The van der Waals surface area contributed by atoms with Gasteiger partial charge in [0.15, 0.2) is 9.84 Å². The average molecular weight is 279 g/mol. The quantitative estimate of drug-likeness (QED) is 0.735. The second-order valence-corrected chi connectivity index (χ2v) is 9.08. The molecule has 2 saturated heterocycles. The third kappa shape index (κ3) is 2.11. The number of nitrogens with zero attached hydrogens (tertiary/aromatic N) is 1. The molecular weight excluding hydrogens is 262 g/mol. The lowest BCUT2D eigenvalue weighted by Crippen LogP contribution is -2.41. The first-order valence-electron chi connectivity index (χ1n) is 5.58. The van der Waals surface area contributed by atoms with Gasteiger partial charge < -0.3 is 4.90 Å². The summed E-state index contributed by atoms with van der Waals surface area (Å²) in [5.41, 5.74) is 0. The van der Waals surface area contributed by atoms with Crippen molar-refractivity contribution >= 4 is 38.1 Å². The van der Waals surface area contributed by atoms with Gasteiger partial charge in [-0.15, -0.1) is 0 Å². The third-order valence-corrected chi connectivity index (χ3v) is 7.13. The summed E-state index contributed by atoms with van der Waals surface area (Å²) in [6, 6.07) is 0.0987. The molecule has 0 spiro atoms. The van der Waals surface area contributed by atoms with Crippen molar-refractivity contribution in [1.82, 2.24) is 4.90 Å². The number of thioether (sulfide) groups is 1. The summed E-state index contributed by atoms with van der Waals surface area (Å²) in [5, 5.41) is 0. The molecule has 0 bridgehead atoms. The van der Waals surface area contributed by atoms with E-state index in [4.69, 9.17) is 12.2 Å². The summed E-state index contributed by atoms with van der Waals surface area (Å²) in [7, 11) is -2.87. The smallest absolute Gasteiger partial charge is 0.153 e. The zero-order valence-electron chi connectivity index (χ0n) is 9.60. The van der Waals surface area contributed by atoms with Crippen molar-refractivity contribution in [3.63, 3.8) is 0 Å². The van der Waals surface area contributed by atoms with Crippen LogP contribution in [0.25, 0.3) is 0 Å². The number of sulfone groups is 1. The van der Waals surface area contributed by atoms with Gasteiger partial charge in [0.05, 0.1) is 22.3 Å². The van der Waals surface area contributed by atoms with Gasteiger partial charge in [0.2, 0.25) is 0 Å². The molecule has 2 rings (SSSR count). The Balaban J connectivity index is 2.20. The molecule has 0 aromatic carbocycles. The Kier molecular flexibility index (Phi) is 3.27. The van der Waals surface area contributed by atoms with Crippen LogP contribution in [0, 0.1) is 0 Å². The molecule has 2 fully saturated rings. The highest BCUT2D eigenvalue weighted by Crippen LogP contribution is 2.47. The van der Waals surface area contributed by atoms with Gasteiger partial charge in [-0.1, -0.05) is 37.3 Å². The lowest BCUT2D eigenvalue weighted by Gasteiger charge is -2.26. The molecule has 0 N–H and O–H groups in total. The van der Waals surface area contributed by atoms with Crippen LogP contribution in [0.5, 0.6) is 0 Å². The summed E-state index contributed by atoms with van der Waals surface area (Å²) in [5.74, 6) is 0.554. The largest absolute Gasteiger partial charge is 0.352 e. The SMILES string of the molecule is CCCCN1C(=S)S[C@]2(C)CS(=O)(=O)C[C@@H]12. The number of rotatable bonds is 3. The fraction of sp³-hybridized carbons (Fsp3) is 0.900. The summed E-state index contributed by atoms with van der Waals surface area (Å²) in [4.78, 5) is 2.13. The van der Waals surface area contributed by atoms with Crippen LogP contribution in [0.4, 0.5) is 0 Å². The number of thiocarbonyl (C=S) groups is 1. The van der Waals surface area contributed by atoms with Gasteiger partial charge in [-0.05, 0) is 13.3 Å². The van der Waals surface area contributed by atoms with Crippen molar-refractivity contribution in [2.24, 2.45) is 0 Å². The average Bonchev–Trinajstić information content (AvgIpc) is 2.47. The maximum absolute atomic E-state index is 11.7. The fourth-order valence-corrected chi connectivity index (χ4v) is 7.45. The van der Waals surface area contributed by atoms with Crippen LogP contribution in [-0.2, 0) is 9.84 Å². The topological polar surface area (TPSA) is 37.4 Å². The first kappa shape index (κ1) is 12.6. The van der Waals surface area contributed by atoms with Crippen molar-refractivity contribution < 1.29 is 8.42 Å². The molecule has 0 aliphatic carbocycles. The molecule has 3 nitrogen and oxygen atoms in total. The van der Waals surface area contributed by atoms with Crippen LogP contribution < -0.4 is 0 Å². The highest BCUT2D eigenvalue weighted by atomic mass is 32.2. The van der Waals surface area contributed by atoms with E-state index in [1.165, 1.54) is 0 Å². The van der Waals surface area contributed by atoms with E-state index in [-0.39, 0.29) is 22.3 Å². The van der Waals surface area contributed by atoms with Gasteiger partial charge in [0, 0.05) is 6.54 Å². The molecule has 92 valence electrons. The Bertz CT molecular complexity index is 406. The van der Waals surface area contributed by atoms with Crippen LogP contribution >= 0.6 is 24.0 Å². The molecule has 6 heteroatoms. The minimum absolute atomic E-state index is 0.0987. The van der Waals surface area contributed by atoms with E-state index in [1.807, 2.05) is 6.92 Å². The van der Waals surface area contributed by atoms with E-state index in [1.54, 1.807) is 11.8 Å². The maximum atomic E-state index is 11.7. The summed E-state index contributed by atoms with van der Waals surface area (Å²) >= 11 is 6.93. The van der Waals surface area contributed by atoms with Gasteiger partial charge in [0.25, 0.3) is 0 Å². The van der Waals surface area contributed by atoms with Crippen LogP contribution in [0.15, 0.2) is 0 Å². The summed E-state index contributed by atoms with van der Waals surface area (Å²) in [6.45, 7) is 5.07. The molecule has 2 aliphatic heterocycles. The van der Waals surface area contributed by atoms with E-state index >= 15 is 0 Å². The molecule has 0 saturated carbocycles. The summed E-state index contributed by atoms with van der Waals surface area (Å²) < 4.78 is 24.1. The Morgan fingerprint density at radius 3 is 2.94 bits per heavy atom. The Morgan fingerprint density at radius 2 is 2.31 bits per heavy atom. The van der Waals surface area contributed by atoms with Crippen molar-refractivity contribution in [2.75, 3.05) is 18.1 Å². The van der Waals surface area contributed by atoms with Gasteiger partial charge >= 0.3 is 0 Å². The lowest BCUT2D eigenvalue weighted by atomic mass is 10.0. The Morgan fingerprint density at radius 1 is 1.62 bits per heavy atom. The van der Waals surface area contributed by atoms with Crippen molar-refractivity contribution in [3.8, 4) is 0 Å². The molecule has 0 unspecified atom stereocenters. The zero-order chi connectivity index (χ0) is 12.0. The fourth-order valence-electron chi connectivity index (χ4n) is 2.49. The predicted molar refractivity (Wildman–Crippen MR) is 72.6 cm³/mol. The standard InChI is InChI=1S/C10H17NO2S3/c1-3-4-5-11-8-6-16(12,13)7-10(8,2)15-9(11)14/h8H,3-7H2,1-2H3/t8-,10-/m1/s1. The number of fused-ring (bicyclic) bond motifs is 1. The molecule has 0 amide bonds. The van der Waals surface area contributed by atoms with Crippen LogP contribution in [-0.4, -0.2) is 46.5 Å². The first-order chi connectivity index (χ1) is 7.38. The molecule has 2 atom stereocenters. The second kappa shape index (κ2) is 4.14. The molecule has 2 aliphatic rings. The molecule has 0 radical (unpaired) electrons. The monoisotopic (exact) mass is 279 g/mol.